The number of rotatable bonds is 9. The van der Waals surface area contributed by atoms with Crippen LogP contribution in [0, 0.1) is 11.8 Å². The second kappa shape index (κ2) is 10.3. The number of carbonyl (C=O) groups is 1. The summed E-state index contributed by atoms with van der Waals surface area (Å²) in [4.78, 5) is 24.5. The molecule has 0 bridgehead atoms. The van der Waals surface area contributed by atoms with Crippen LogP contribution in [0.2, 0.25) is 5.02 Å². The highest BCUT2D eigenvalue weighted by molar-refractivity contribution is 6.32. The van der Waals surface area contributed by atoms with Crippen molar-refractivity contribution < 1.29 is 14.3 Å². The molecule has 3 aliphatic rings. The van der Waals surface area contributed by atoms with Gasteiger partial charge in [-0.05, 0) is 42.4 Å². The minimum Gasteiger partial charge on any atom is -0.495 e. The van der Waals surface area contributed by atoms with Crippen LogP contribution in [0.3, 0.4) is 0 Å². The first-order valence-corrected chi connectivity index (χ1v) is 12.3. The number of benzene rings is 1. The van der Waals surface area contributed by atoms with Crippen molar-refractivity contribution >= 4 is 29.3 Å². The van der Waals surface area contributed by atoms with Crippen molar-refractivity contribution in [3.63, 3.8) is 0 Å². The minimum absolute atomic E-state index is 0.117. The lowest BCUT2D eigenvalue weighted by Gasteiger charge is -2.23. The van der Waals surface area contributed by atoms with Crippen molar-refractivity contribution in [1.29, 1.82) is 0 Å². The molecule has 2 saturated heterocycles. The quantitative estimate of drug-likeness (QED) is 0.496. The summed E-state index contributed by atoms with van der Waals surface area (Å²) in [5.41, 5.74) is 1.39. The first-order valence-electron chi connectivity index (χ1n) is 11.9. The summed E-state index contributed by atoms with van der Waals surface area (Å²) >= 11 is 6.28. The van der Waals surface area contributed by atoms with E-state index in [2.05, 4.69) is 25.8 Å². The van der Waals surface area contributed by atoms with Crippen LogP contribution in [0.4, 0.5) is 11.8 Å². The largest absolute Gasteiger partial charge is 0.495 e. The van der Waals surface area contributed by atoms with E-state index in [9.17, 15) is 4.79 Å². The molecule has 9 nitrogen and oxygen atoms in total. The molecule has 3 atom stereocenters. The third-order valence-corrected chi connectivity index (χ3v) is 7.01. The van der Waals surface area contributed by atoms with Crippen molar-refractivity contribution in [3.05, 3.63) is 40.5 Å². The van der Waals surface area contributed by atoms with Crippen LogP contribution in [-0.4, -0.2) is 68.4 Å². The number of piperidine rings is 1. The van der Waals surface area contributed by atoms with Crippen LogP contribution in [0.1, 0.15) is 28.8 Å². The number of anilines is 2. The Balaban J connectivity index is 1.28. The molecule has 34 heavy (non-hydrogen) atoms. The Morgan fingerprint density at radius 2 is 2.21 bits per heavy atom. The summed E-state index contributed by atoms with van der Waals surface area (Å²) in [5, 5.41) is 10.2. The summed E-state index contributed by atoms with van der Waals surface area (Å²) in [6.07, 6.45) is 3.80. The molecule has 0 radical (unpaired) electrons. The second-order valence-electron chi connectivity index (χ2n) is 9.16. The molecular formula is C24H31ClN6O3. The Labute approximate surface area is 204 Å². The summed E-state index contributed by atoms with van der Waals surface area (Å²) in [7, 11) is 1.59. The lowest BCUT2D eigenvalue weighted by atomic mass is 10.2. The van der Waals surface area contributed by atoms with Gasteiger partial charge in [0.15, 0.2) is 0 Å². The fourth-order valence-electron chi connectivity index (χ4n) is 4.64. The fourth-order valence-corrected chi connectivity index (χ4v) is 4.92. The Morgan fingerprint density at radius 3 is 2.94 bits per heavy atom. The number of methoxy groups -OCH3 is 1. The molecule has 1 aromatic carbocycles. The van der Waals surface area contributed by atoms with Crippen LogP contribution < -0.4 is 25.6 Å². The SMILES string of the molecule is COc1ccc(CNc2nc(N3CC4CC4C3)ncc2C(=O)NCCC2CNCCO2)cc1Cl. The van der Waals surface area contributed by atoms with Crippen LogP contribution in [0.15, 0.2) is 24.4 Å². The van der Waals surface area contributed by atoms with Gasteiger partial charge in [0, 0.05) is 45.5 Å². The number of hydrogen-bond acceptors (Lipinski definition) is 8. The highest BCUT2D eigenvalue weighted by Crippen LogP contribution is 2.45. The molecule has 1 aromatic heterocycles. The zero-order valence-corrected chi connectivity index (χ0v) is 20.1. The van der Waals surface area contributed by atoms with E-state index in [0.717, 1.165) is 50.0 Å². The van der Waals surface area contributed by atoms with Crippen LogP contribution >= 0.6 is 11.6 Å². The molecule has 2 aliphatic heterocycles. The number of fused-ring (bicyclic) bond motifs is 1. The van der Waals surface area contributed by atoms with E-state index in [1.165, 1.54) is 6.42 Å². The van der Waals surface area contributed by atoms with E-state index in [1.807, 2.05) is 18.2 Å². The monoisotopic (exact) mass is 486 g/mol. The number of halogens is 1. The predicted octanol–water partition coefficient (Wildman–Crippen LogP) is 2.32. The normalized spacial score (nSPS) is 23.4. The average Bonchev–Trinajstić information content (AvgIpc) is 3.47. The Hall–Kier alpha value is -2.62. The summed E-state index contributed by atoms with van der Waals surface area (Å²) in [5.74, 6) is 3.14. The molecule has 3 N–H and O–H groups in total. The Morgan fingerprint density at radius 1 is 1.35 bits per heavy atom. The zero-order valence-electron chi connectivity index (χ0n) is 19.3. The van der Waals surface area contributed by atoms with Gasteiger partial charge in [-0.2, -0.15) is 4.98 Å². The summed E-state index contributed by atoms with van der Waals surface area (Å²) < 4.78 is 10.9. The molecule has 5 rings (SSSR count). The van der Waals surface area contributed by atoms with Crippen LogP contribution in [-0.2, 0) is 11.3 Å². The Kier molecular flexibility index (Phi) is 7.03. The van der Waals surface area contributed by atoms with Crippen molar-refractivity contribution in [2.75, 3.05) is 56.7 Å². The first kappa shape index (κ1) is 23.1. The highest BCUT2D eigenvalue weighted by Gasteiger charge is 2.45. The molecule has 3 fully saturated rings. The van der Waals surface area contributed by atoms with E-state index < -0.39 is 0 Å². The van der Waals surface area contributed by atoms with E-state index >= 15 is 0 Å². The molecular weight excluding hydrogens is 456 g/mol. The van der Waals surface area contributed by atoms with E-state index in [1.54, 1.807) is 13.3 Å². The van der Waals surface area contributed by atoms with Crippen molar-refractivity contribution in [2.45, 2.75) is 25.5 Å². The van der Waals surface area contributed by atoms with Gasteiger partial charge < -0.3 is 30.3 Å². The number of hydrogen-bond donors (Lipinski definition) is 3. The molecule has 1 aliphatic carbocycles. The number of aromatic nitrogens is 2. The van der Waals surface area contributed by atoms with Crippen molar-refractivity contribution in [1.82, 2.24) is 20.6 Å². The maximum atomic E-state index is 13.0. The van der Waals surface area contributed by atoms with Gasteiger partial charge in [-0.15, -0.1) is 0 Å². The molecule has 10 heteroatoms. The molecule has 0 spiro atoms. The topological polar surface area (TPSA) is 101 Å². The third kappa shape index (κ3) is 5.37. The maximum absolute atomic E-state index is 13.0. The number of nitrogens with zero attached hydrogens (tertiary/aromatic N) is 3. The number of amides is 1. The number of carbonyl (C=O) groups excluding carboxylic acids is 1. The Bertz CT molecular complexity index is 1020. The summed E-state index contributed by atoms with van der Waals surface area (Å²) in [6, 6.07) is 5.62. The standard InChI is InChI=1S/C24H31ClN6O3/c1-33-21-3-2-15(8-20(21)25)10-28-22-19(23(32)27-5-4-18-11-26-6-7-34-18)12-29-24(30-22)31-13-16-9-17(16)14-31/h2-3,8,12,16-18,26H,4-7,9-11,13-14H2,1H3,(H,27,32)(H,28,29,30). The van der Waals surface area contributed by atoms with Gasteiger partial charge in [0.1, 0.15) is 17.1 Å². The van der Waals surface area contributed by atoms with Gasteiger partial charge in [-0.3, -0.25) is 4.79 Å². The van der Waals surface area contributed by atoms with Gasteiger partial charge in [-0.25, -0.2) is 4.98 Å². The minimum atomic E-state index is -0.199. The molecule has 1 amide bonds. The molecule has 1 saturated carbocycles. The van der Waals surface area contributed by atoms with E-state index in [-0.39, 0.29) is 12.0 Å². The zero-order chi connectivity index (χ0) is 23.5. The van der Waals surface area contributed by atoms with Crippen molar-refractivity contribution in [3.8, 4) is 5.75 Å². The fraction of sp³-hybridized carbons (Fsp3) is 0.542. The lowest BCUT2D eigenvalue weighted by Crippen LogP contribution is -2.40. The highest BCUT2D eigenvalue weighted by atomic mass is 35.5. The predicted molar refractivity (Wildman–Crippen MR) is 131 cm³/mol. The molecule has 182 valence electrons. The number of morpholine rings is 1. The van der Waals surface area contributed by atoms with E-state index in [4.69, 9.17) is 26.1 Å². The maximum Gasteiger partial charge on any atom is 0.256 e. The van der Waals surface area contributed by atoms with Gasteiger partial charge in [0.05, 0.1) is 24.8 Å². The average molecular weight is 487 g/mol. The van der Waals surface area contributed by atoms with Crippen molar-refractivity contribution in [2.24, 2.45) is 11.8 Å². The number of ether oxygens (including phenoxy) is 2. The van der Waals surface area contributed by atoms with Crippen LogP contribution in [0.5, 0.6) is 5.75 Å². The van der Waals surface area contributed by atoms with E-state index in [0.29, 0.717) is 47.8 Å². The second-order valence-corrected chi connectivity index (χ2v) is 9.56. The van der Waals surface area contributed by atoms with Gasteiger partial charge in [-0.1, -0.05) is 17.7 Å². The smallest absolute Gasteiger partial charge is 0.256 e. The van der Waals surface area contributed by atoms with Gasteiger partial charge >= 0.3 is 0 Å². The van der Waals surface area contributed by atoms with Gasteiger partial charge in [0.2, 0.25) is 5.95 Å². The van der Waals surface area contributed by atoms with Gasteiger partial charge in [0.25, 0.3) is 5.91 Å². The van der Waals surface area contributed by atoms with Crippen LogP contribution in [0.25, 0.3) is 0 Å². The lowest BCUT2D eigenvalue weighted by molar-refractivity contribution is 0.0239. The third-order valence-electron chi connectivity index (χ3n) is 6.71. The first-order chi connectivity index (χ1) is 16.6. The molecule has 3 heterocycles. The summed E-state index contributed by atoms with van der Waals surface area (Å²) in [6.45, 7) is 5.35. The molecule has 2 aromatic rings. The molecule has 3 unspecified atom stereocenters. The number of nitrogens with one attached hydrogen (secondary N) is 3.